The van der Waals surface area contributed by atoms with Crippen LogP contribution in [-0.4, -0.2) is 23.1 Å². The molecule has 0 aliphatic heterocycles. The smallest absolute Gasteiger partial charge is 0.114 e. The molecule has 0 heterocycles. The molecule has 0 N–H and O–H groups in total. The lowest BCUT2D eigenvalue weighted by molar-refractivity contribution is 1.32. The Kier molecular flexibility index (Phi) is 7.69. The first-order valence-electron chi connectivity index (χ1n) is 3.23. The minimum absolute atomic E-state index is 0. The molecule has 11 heavy (non-hydrogen) atoms. The summed E-state index contributed by atoms with van der Waals surface area (Å²) in [4.78, 5) is 0. The van der Waals surface area contributed by atoms with Gasteiger partial charge in [-0.15, -0.1) is 17.0 Å². The van der Waals surface area contributed by atoms with Crippen LogP contribution in [0, 0.1) is 20.8 Å². The van der Waals surface area contributed by atoms with Crippen LogP contribution < -0.4 is 0 Å². The van der Waals surface area contributed by atoms with Gasteiger partial charge in [0.25, 0.3) is 0 Å². The predicted molar refractivity (Wildman–Crippen MR) is 59.5 cm³/mol. The van der Waals surface area contributed by atoms with Crippen LogP contribution >= 0.6 is 17.0 Å². The van der Waals surface area contributed by atoms with E-state index >= 15 is 0 Å². The summed E-state index contributed by atoms with van der Waals surface area (Å²) in [6, 6.07) is 6.56. The van der Waals surface area contributed by atoms with Crippen molar-refractivity contribution in [3.63, 3.8) is 0 Å². The van der Waals surface area contributed by atoms with Crippen LogP contribution in [0.4, 0.5) is 0 Å². The van der Waals surface area contributed by atoms with Crippen molar-refractivity contribution in [3.05, 3.63) is 34.9 Å². The summed E-state index contributed by atoms with van der Waals surface area (Å²) in [6.45, 7) is 6.38. The Labute approximate surface area is 95.3 Å². The summed E-state index contributed by atoms with van der Waals surface area (Å²) in [7, 11) is 0. The largest absolute Gasteiger partial charge is 0.316 e. The molecule has 0 atom stereocenters. The summed E-state index contributed by atoms with van der Waals surface area (Å²) < 4.78 is 0. The second-order valence-electron chi connectivity index (χ2n) is 2.67. The lowest BCUT2D eigenvalue weighted by Gasteiger charge is -1.96. The standard InChI is InChI=1S/C9H12.BrH.Mg.2H/c1-7-4-8(2)6-9(3)5-7;;;;/h4-6H,1-3H3;1H;;;. The van der Waals surface area contributed by atoms with Crippen LogP contribution in [-0.2, 0) is 0 Å². The first-order valence-corrected chi connectivity index (χ1v) is 3.23. The molecule has 0 aromatic heterocycles. The molecule has 0 nitrogen and oxygen atoms in total. The lowest BCUT2D eigenvalue weighted by Crippen LogP contribution is -1.78. The van der Waals surface area contributed by atoms with Crippen molar-refractivity contribution in [2.24, 2.45) is 0 Å². The Bertz CT molecular complexity index is 170. The normalized spacial score (nSPS) is 7.91. The summed E-state index contributed by atoms with van der Waals surface area (Å²) in [5.41, 5.74) is 4.06. The molecular weight excluding hydrogens is 212 g/mol. The number of rotatable bonds is 0. The van der Waals surface area contributed by atoms with Gasteiger partial charge >= 0.3 is 23.1 Å². The zero-order valence-corrected chi connectivity index (χ0v) is 8.35. The van der Waals surface area contributed by atoms with Gasteiger partial charge in [-0.2, -0.15) is 0 Å². The first kappa shape index (κ1) is 14.0. The Morgan fingerprint density at radius 1 is 0.727 bits per heavy atom. The highest BCUT2D eigenvalue weighted by atomic mass is 79.9. The SMILES string of the molecule is Br.Cc1cc(C)cc(C)c1.[MgH2]. The molecule has 1 aromatic rings. The van der Waals surface area contributed by atoms with Gasteiger partial charge in [0.15, 0.2) is 0 Å². The van der Waals surface area contributed by atoms with Crippen LogP contribution in [0.2, 0.25) is 0 Å². The fourth-order valence-electron chi connectivity index (χ4n) is 1.20. The second-order valence-corrected chi connectivity index (χ2v) is 2.67. The Morgan fingerprint density at radius 2 is 0.909 bits per heavy atom. The van der Waals surface area contributed by atoms with Crippen molar-refractivity contribution < 1.29 is 0 Å². The van der Waals surface area contributed by atoms with E-state index in [9.17, 15) is 0 Å². The second kappa shape index (κ2) is 6.03. The molecule has 0 saturated carbocycles. The molecule has 1 aromatic carbocycles. The first-order chi connectivity index (χ1) is 4.18. The fourth-order valence-corrected chi connectivity index (χ4v) is 1.20. The van der Waals surface area contributed by atoms with E-state index in [1.807, 2.05) is 0 Å². The van der Waals surface area contributed by atoms with E-state index in [1.54, 1.807) is 0 Å². The van der Waals surface area contributed by atoms with E-state index in [4.69, 9.17) is 0 Å². The van der Waals surface area contributed by atoms with Gasteiger partial charge in [0.05, 0.1) is 0 Å². The van der Waals surface area contributed by atoms with Gasteiger partial charge in [0, 0.05) is 0 Å². The van der Waals surface area contributed by atoms with Gasteiger partial charge < -0.3 is 0 Å². The highest BCUT2D eigenvalue weighted by Gasteiger charge is 1.87. The van der Waals surface area contributed by atoms with Crippen molar-refractivity contribution in [2.45, 2.75) is 20.8 Å². The van der Waals surface area contributed by atoms with Crippen molar-refractivity contribution in [2.75, 3.05) is 0 Å². The monoisotopic (exact) mass is 226 g/mol. The van der Waals surface area contributed by atoms with Crippen molar-refractivity contribution in [1.29, 1.82) is 0 Å². The molecule has 0 saturated heterocycles. The summed E-state index contributed by atoms with van der Waals surface area (Å²) in [5, 5.41) is 0. The number of benzene rings is 1. The van der Waals surface area contributed by atoms with Gasteiger partial charge in [-0.3, -0.25) is 0 Å². The van der Waals surface area contributed by atoms with Gasteiger partial charge in [-0.1, -0.05) is 34.9 Å². The lowest BCUT2D eigenvalue weighted by atomic mass is 10.1. The third-order valence-corrected chi connectivity index (χ3v) is 1.37. The molecule has 0 aliphatic carbocycles. The molecule has 0 bridgehead atoms. The van der Waals surface area contributed by atoms with Crippen LogP contribution in [0.15, 0.2) is 18.2 Å². The molecule has 2 heteroatoms. The number of halogens is 1. The molecule has 0 aliphatic rings. The Balaban J connectivity index is 0. The van der Waals surface area contributed by atoms with Gasteiger partial charge in [-0.25, -0.2) is 0 Å². The number of aryl methyl sites for hydroxylation is 3. The zero-order chi connectivity index (χ0) is 6.85. The average Bonchev–Trinajstić information content (AvgIpc) is 1.59. The minimum Gasteiger partial charge on any atom is -0.114 e. The maximum Gasteiger partial charge on any atom is 0.316 e. The third-order valence-electron chi connectivity index (χ3n) is 1.37. The summed E-state index contributed by atoms with van der Waals surface area (Å²) >= 11 is 0. The quantitative estimate of drug-likeness (QED) is 0.597. The van der Waals surface area contributed by atoms with Gasteiger partial charge in [0.2, 0.25) is 0 Å². The number of hydrogen-bond acceptors (Lipinski definition) is 0. The predicted octanol–water partition coefficient (Wildman–Crippen LogP) is 2.27. The van der Waals surface area contributed by atoms with Crippen LogP contribution in [0.25, 0.3) is 0 Å². The van der Waals surface area contributed by atoms with Crippen molar-refractivity contribution in [3.8, 4) is 0 Å². The molecule has 0 unspecified atom stereocenters. The molecule has 60 valence electrons. The molecule has 0 radical (unpaired) electrons. The molecule has 0 amide bonds. The van der Waals surface area contributed by atoms with E-state index in [1.165, 1.54) is 16.7 Å². The summed E-state index contributed by atoms with van der Waals surface area (Å²) in [6.07, 6.45) is 0. The highest BCUT2D eigenvalue weighted by molar-refractivity contribution is 8.93. The van der Waals surface area contributed by atoms with Gasteiger partial charge in [-0.05, 0) is 20.8 Å². The van der Waals surface area contributed by atoms with Gasteiger partial charge in [0.1, 0.15) is 0 Å². The van der Waals surface area contributed by atoms with Crippen molar-refractivity contribution >= 4 is 40.0 Å². The molecular formula is C9H15BrMg. The average molecular weight is 227 g/mol. The Morgan fingerprint density at radius 3 is 1.09 bits per heavy atom. The van der Waals surface area contributed by atoms with E-state index in [2.05, 4.69) is 39.0 Å². The van der Waals surface area contributed by atoms with Crippen molar-refractivity contribution in [1.82, 2.24) is 0 Å². The third kappa shape index (κ3) is 4.83. The van der Waals surface area contributed by atoms with Crippen LogP contribution in [0.3, 0.4) is 0 Å². The maximum atomic E-state index is 2.19. The summed E-state index contributed by atoms with van der Waals surface area (Å²) in [5.74, 6) is 0. The highest BCUT2D eigenvalue weighted by Crippen LogP contribution is 2.06. The minimum atomic E-state index is 0. The maximum absolute atomic E-state index is 2.19. The molecule has 0 spiro atoms. The fraction of sp³-hybridized carbons (Fsp3) is 0.333. The van der Waals surface area contributed by atoms with Crippen LogP contribution in [0.1, 0.15) is 16.7 Å². The molecule has 0 fully saturated rings. The number of hydrogen-bond donors (Lipinski definition) is 0. The Hall–Kier alpha value is 0.466. The molecule has 1 rings (SSSR count). The van der Waals surface area contributed by atoms with E-state index < -0.39 is 0 Å². The van der Waals surface area contributed by atoms with E-state index in [-0.39, 0.29) is 40.0 Å². The zero-order valence-electron chi connectivity index (χ0n) is 6.64. The van der Waals surface area contributed by atoms with E-state index in [0.29, 0.717) is 0 Å². The van der Waals surface area contributed by atoms with E-state index in [0.717, 1.165) is 0 Å². The van der Waals surface area contributed by atoms with Crippen LogP contribution in [0.5, 0.6) is 0 Å². The topological polar surface area (TPSA) is 0 Å².